The summed E-state index contributed by atoms with van der Waals surface area (Å²) in [5.74, 6) is -0.662. The van der Waals surface area contributed by atoms with Crippen LogP contribution in [0.4, 0.5) is 11.4 Å². The number of carbonyl (C=O) groups is 1. The molecule has 0 aliphatic rings. The second-order valence-electron chi connectivity index (χ2n) is 7.45. The molecule has 1 amide bonds. The van der Waals surface area contributed by atoms with Gasteiger partial charge < -0.3 is 5.32 Å². The normalized spacial score (nSPS) is 11.0. The van der Waals surface area contributed by atoms with E-state index in [1.165, 1.54) is 30.3 Å². The molecule has 0 unspecified atom stereocenters. The molecule has 3 rings (SSSR count). The number of nitrogens with one attached hydrogen (secondary N) is 1. The van der Waals surface area contributed by atoms with E-state index >= 15 is 0 Å². The molecule has 3 aromatic carbocycles. The third kappa shape index (κ3) is 5.81. The van der Waals surface area contributed by atoms with Crippen LogP contribution in [0.3, 0.4) is 0 Å². The molecule has 0 aliphatic heterocycles. The molecule has 3 aromatic rings. The Labute approximate surface area is 190 Å². The first-order valence-corrected chi connectivity index (χ1v) is 10.2. The molecule has 0 fully saturated rings. The minimum atomic E-state index is -0.662. The molecule has 160 valence electrons. The maximum absolute atomic E-state index is 12.7. The maximum atomic E-state index is 12.7. The smallest absolute Gasteiger partial charge is 0.271 e. The highest BCUT2D eigenvalue weighted by molar-refractivity contribution is 6.30. The van der Waals surface area contributed by atoms with Crippen LogP contribution >= 0.6 is 11.6 Å². The second kappa shape index (κ2) is 9.90. The second-order valence-corrected chi connectivity index (χ2v) is 7.88. The van der Waals surface area contributed by atoms with E-state index in [9.17, 15) is 20.2 Å². The van der Waals surface area contributed by atoms with Crippen LogP contribution < -0.4 is 5.32 Å². The van der Waals surface area contributed by atoms with Crippen LogP contribution in [0.2, 0.25) is 5.02 Å². The number of benzene rings is 3. The van der Waals surface area contributed by atoms with Crippen molar-refractivity contribution < 1.29 is 9.72 Å². The molecule has 0 aromatic heterocycles. The first-order chi connectivity index (χ1) is 15.2. The molecule has 7 heteroatoms. The van der Waals surface area contributed by atoms with Crippen molar-refractivity contribution in [1.29, 1.82) is 5.26 Å². The lowest BCUT2D eigenvalue weighted by atomic mass is 9.96. The van der Waals surface area contributed by atoms with Gasteiger partial charge in [0.1, 0.15) is 11.6 Å². The fourth-order valence-corrected chi connectivity index (χ4v) is 3.63. The SMILES string of the molecule is Cc1cc(C)cc(Cc2ccc(Cl)cc2/C=C(\C#N)C(=O)Nc2cccc([N+](=O)[O-])c2)c1. The van der Waals surface area contributed by atoms with Crippen LogP contribution in [0.1, 0.15) is 27.8 Å². The lowest BCUT2D eigenvalue weighted by Crippen LogP contribution is -2.13. The molecule has 0 aliphatic carbocycles. The number of rotatable bonds is 6. The number of aryl methyl sites for hydroxylation is 2. The molecule has 0 spiro atoms. The molecule has 32 heavy (non-hydrogen) atoms. The van der Waals surface area contributed by atoms with E-state index in [4.69, 9.17) is 11.6 Å². The van der Waals surface area contributed by atoms with E-state index in [1.807, 2.05) is 26.0 Å². The molecule has 6 nitrogen and oxygen atoms in total. The summed E-state index contributed by atoms with van der Waals surface area (Å²) in [6.07, 6.45) is 2.09. The summed E-state index contributed by atoms with van der Waals surface area (Å²) in [7, 11) is 0. The van der Waals surface area contributed by atoms with E-state index < -0.39 is 10.8 Å². The van der Waals surface area contributed by atoms with Crippen LogP contribution in [0.15, 0.2) is 66.2 Å². The van der Waals surface area contributed by atoms with Crippen LogP contribution in [-0.2, 0) is 11.2 Å². The fourth-order valence-electron chi connectivity index (χ4n) is 3.45. The first kappa shape index (κ1) is 22.7. The molecule has 0 saturated carbocycles. The summed E-state index contributed by atoms with van der Waals surface area (Å²) in [6, 6.07) is 19.1. The van der Waals surface area contributed by atoms with Gasteiger partial charge in [0.2, 0.25) is 0 Å². The van der Waals surface area contributed by atoms with E-state index in [0.29, 0.717) is 17.0 Å². The molecule has 0 saturated heterocycles. The Bertz CT molecular complexity index is 1260. The highest BCUT2D eigenvalue weighted by atomic mass is 35.5. The molecular weight excluding hydrogens is 426 g/mol. The van der Waals surface area contributed by atoms with Crippen LogP contribution in [0.25, 0.3) is 6.08 Å². The highest BCUT2D eigenvalue weighted by Crippen LogP contribution is 2.24. The van der Waals surface area contributed by atoms with Gasteiger partial charge in [-0.2, -0.15) is 5.26 Å². The Morgan fingerprint density at radius 1 is 1.12 bits per heavy atom. The van der Waals surface area contributed by atoms with Gasteiger partial charge in [-0.25, -0.2) is 0 Å². The first-order valence-electron chi connectivity index (χ1n) is 9.78. The maximum Gasteiger partial charge on any atom is 0.271 e. The summed E-state index contributed by atoms with van der Waals surface area (Å²) in [5, 5.41) is 23.6. The topological polar surface area (TPSA) is 96.0 Å². The van der Waals surface area contributed by atoms with E-state index in [1.54, 1.807) is 12.1 Å². The summed E-state index contributed by atoms with van der Waals surface area (Å²) in [4.78, 5) is 23.1. The van der Waals surface area contributed by atoms with Gasteiger partial charge in [-0.05, 0) is 61.2 Å². The molecular formula is C25H20ClN3O3. The number of nitro groups is 1. The van der Waals surface area contributed by atoms with Crippen molar-refractivity contribution >= 4 is 35.0 Å². The minimum Gasteiger partial charge on any atom is -0.321 e. The predicted molar refractivity (Wildman–Crippen MR) is 125 cm³/mol. The lowest BCUT2D eigenvalue weighted by Gasteiger charge is -2.10. The van der Waals surface area contributed by atoms with Crippen molar-refractivity contribution in [1.82, 2.24) is 0 Å². The van der Waals surface area contributed by atoms with Crippen molar-refractivity contribution in [2.75, 3.05) is 5.32 Å². The van der Waals surface area contributed by atoms with Gasteiger partial charge >= 0.3 is 0 Å². The average Bonchev–Trinajstić information content (AvgIpc) is 2.73. The number of hydrogen-bond donors (Lipinski definition) is 1. The zero-order chi connectivity index (χ0) is 23.3. The number of nitro benzene ring substituents is 1. The number of nitriles is 1. The van der Waals surface area contributed by atoms with E-state index in [-0.39, 0.29) is 16.9 Å². The quantitative estimate of drug-likeness (QED) is 0.218. The van der Waals surface area contributed by atoms with E-state index in [0.717, 1.165) is 22.3 Å². The summed E-state index contributed by atoms with van der Waals surface area (Å²) < 4.78 is 0. The number of halogens is 1. The van der Waals surface area contributed by atoms with Crippen molar-refractivity contribution in [3.05, 3.63) is 109 Å². The van der Waals surface area contributed by atoms with Gasteiger partial charge in [0.25, 0.3) is 11.6 Å². The summed E-state index contributed by atoms with van der Waals surface area (Å²) >= 11 is 6.18. The van der Waals surface area contributed by atoms with Gasteiger partial charge in [0.15, 0.2) is 0 Å². The Balaban J connectivity index is 1.92. The molecule has 0 radical (unpaired) electrons. The number of anilines is 1. The number of amides is 1. The van der Waals surface area contributed by atoms with Gasteiger partial charge in [0.05, 0.1) is 4.92 Å². The number of non-ortho nitro benzene ring substituents is 1. The monoisotopic (exact) mass is 445 g/mol. The zero-order valence-corrected chi connectivity index (χ0v) is 18.3. The average molecular weight is 446 g/mol. The van der Waals surface area contributed by atoms with Crippen molar-refractivity contribution in [3.63, 3.8) is 0 Å². The summed E-state index contributed by atoms with van der Waals surface area (Å²) in [6.45, 7) is 4.07. The molecule has 0 bridgehead atoms. The van der Waals surface area contributed by atoms with Crippen LogP contribution in [0.5, 0.6) is 0 Å². The predicted octanol–water partition coefficient (Wildman–Crippen LogP) is 6.00. The Hall–Kier alpha value is -3.95. The lowest BCUT2D eigenvalue weighted by molar-refractivity contribution is -0.384. The molecule has 0 atom stereocenters. The van der Waals surface area contributed by atoms with Crippen LogP contribution in [0, 0.1) is 35.3 Å². The third-order valence-corrected chi connectivity index (χ3v) is 5.00. The Kier molecular flexibility index (Phi) is 7.04. The van der Waals surface area contributed by atoms with E-state index in [2.05, 4.69) is 23.5 Å². The van der Waals surface area contributed by atoms with Crippen molar-refractivity contribution in [2.45, 2.75) is 20.3 Å². The fraction of sp³-hybridized carbons (Fsp3) is 0.120. The largest absolute Gasteiger partial charge is 0.321 e. The van der Waals surface area contributed by atoms with Gasteiger partial charge in [0, 0.05) is 22.8 Å². The van der Waals surface area contributed by atoms with Crippen molar-refractivity contribution in [2.24, 2.45) is 0 Å². The highest BCUT2D eigenvalue weighted by Gasteiger charge is 2.14. The van der Waals surface area contributed by atoms with Gasteiger partial charge in [-0.3, -0.25) is 14.9 Å². The number of nitrogens with zero attached hydrogens (tertiary/aromatic N) is 2. The number of carbonyl (C=O) groups excluding carboxylic acids is 1. The van der Waals surface area contributed by atoms with Crippen LogP contribution in [-0.4, -0.2) is 10.8 Å². The standard InChI is InChI=1S/C25H20ClN3O3/c1-16-8-17(2)10-18(9-16)11-19-6-7-22(26)13-20(19)12-21(15-27)25(30)28-23-4-3-5-24(14-23)29(31)32/h3-10,12-14H,11H2,1-2H3,(H,28,30)/b21-12+. The molecule has 0 heterocycles. The molecule has 1 N–H and O–H groups in total. The van der Waals surface area contributed by atoms with Gasteiger partial charge in [-0.15, -0.1) is 0 Å². The Morgan fingerprint density at radius 2 is 1.84 bits per heavy atom. The van der Waals surface area contributed by atoms with Crippen molar-refractivity contribution in [3.8, 4) is 6.07 Å². The minimum absolute atomic E-state index is 0.138. The summed E-state index contributed by atoms with van der Waals surface area (Å²) in [5.41, 5.74) is 4.92. The zero-order valence-electron chi connectivity index (χ0n) is 17.6. The van der Waals surface area contributed by atoms with Gasteiger partial charge in [-0.1, -0.05) is 53.1 Å². The third-order valence-electron chi connectivity index (χ3n) is 4.76. The Morgan fingerprint density at radius 3 is 2.50 bits per heavy atom. The number of hydrogen-bond acceptors (Lipinski definition) is 4.